The number of rotatable bonds is 10. The lowest BCUT2D eigenvalue weighted by Gasteiger charge is -2.33. The molecule has 4 atom stereocenters. The number of H-pyrrole nitrogens is 2. The van der Waals surface area contributed by atoms with Crippen LogP contribution < -0.4 is 10.6 Å². The number of imidazole rings is 2. The lowest BCUT2D eigenvalue weighted by molar-refractivity contribution is -0.136. The molecule has 2 saturated heterocycles. The van der Waals surface area contributed by atoms with Crippen molar-refractivity contribution in [1.29, 1.82) is 0 Å². The van der Waals surface area contributed by atoms with Gasteiger partial charge in [-0.15, -0.1) is 0 Å². The van der Waals surface area contributed by atoms with E-state index in [1.54, 1.807) is 0 Å². The Bertz CT molecular complexity index is 2210. The van der Waals surface area contributed by atoms with E-state index in [0.29, 0.717) is 13.1 Å². The highest BCUT2D eigenvalue weighted by atomic mass is 16.4. The number of nitrogens with one attached hydrogen (secondary N) is 4. The maximum Gasteiger partial charge on any atom is 0.405 e. The number of benzene rings is 3. The van der Waals surface area contributed by atoms with Crippen LogP contribution in [0, 0.1) is 11.8 Å². The second-order valence-corrected chi connectivity index (χ2v) is 17.3. The van der Waals surface area contributed by atoms with Gasteiger partial charge in [-0.1, -0.05) is 74.9 Å². The fourth-order valence-corrected chi connectivity index (χ4v) is 10.5. The molecule has 60 heavy (non-hydrogen) atoms. The van der Waals surface area contributed by atoms with Crippen LogP contribution in [0.5, 0.6) is 0 Å². The van der Waals surface area contributed by atoms with E-state index in [9.17, 15) is 29.4 Å². The molecule has 5 aromatic rings. The van der Waals surface area contributed by atoms with Crippen molar-refractivity contribution in [2.45, 2.75) is 114 Å². The summed E-state index contributed by atoms with van der Waals surface area (Å²) in [6.45, 7) is 1.15. The number of hydrogen-bond donors (Lipinski definition) is 6. The Hall–Kier alpha value is -5.92. The summed E-state index contributed by atoms with van der Waals surface area (Å²) >= 11 is 0. The summed E-state index contributed by atoms with van der Waals surface area (Å²) in [5, 5.41) is 24.3. The van der Waals surface area contributed by atoms with Gasteiger partial charge in [0.1, 0.15) is 23.7 Å². The average Bonchev–Trinajstić information content (AvgIpc) is 4.10. The molecule has 14 heteroatoms. The predicted molar refractivity (Wildman–Crippen MR) is 227 cm³/mol. The minimum absolute atomic E-state index is 0.0108. The van der Waals surface area contributed by atoms with Crippen LogP contribution in [0.2, 0.25) is 0 Å². The molecule has 3 aromatic carbocycles. The molecular weight excluding hydrogens is 761 g/mol. The first-order valence-corrected chi connectivity index (χ1v) is 21.9. The van der Waals surface area contributed by atoms with Gasteiger partial charge in [-0.2, -0.15) is 0 Å². The van der Waals surface area contributed by atoms with Crippen molar-refractivity contribution < 1.29 is 29.4 Å². The zero-order chi connectivity index (χ0) is 41.3. The van der Waals surface area contributed by atoms with Crippen molar-refractivity contribution in [3.05, 3.63) is 72.3 Å². The standard InChI is InChI=1S/C46H54N8O6/c55-43(39(51-45(57)58)29-9-3-1-4-10-29)53-23-7-13-37(53)41-47-33-21-19-31(25-35(33)49-41)27-15-17-28(18-16-27)32-20-22-34-36(26-32)50-42(48-34)38-14-8-24-54(38)44(56)40(52-46(59)60)30-11-5-2-6-12-30/h15-22,25-26,29-30,37-40,51-52H,1-14,23-24H2,(H,47,49)(H,48,50)(H,57,58)(H,59,60)/t37-,38?,39-,40?/m0/s1. The van der Waals surface area contributed by atoms with E-state index in [1.807, 2.05) is 21.9 Å². The lowest BCUT2D eigenvalue weighted by atomic mass is 9.83. The first kappa shape index (κ1) is 39.5. The number of nitrogens with zero attached hydrogens (tertiary/aromatic N) is 4. The number of amides is 4. The third-order valence-corrected chi connectivity index (χ3v) is 13.6. The number of aromatic amines is 2. The molecule has 314 valence electrons. The Labute approximate surface area is 348 Å². The van der Waals surface area contributed by atoms with Gasteiger partial charge >= 0.3 is 12.2 Å². The van der Waals surface area contributed by atoms with E-state index in [-0.39, 0.29) is 35.7 Å². The van der Waals surface area contributed by atoms with Gasteiger partial charge in [0.05, 0.1) is 34.2 Å². The Kier molecular flexibility index (Phi) is 11.2. The van der Waals surface area contributed by atoms with Gasteiger partial charge in [0.25, 0.3) is 0 Å². The van der Waals surface area contributed by atoms with Crippen LogP contribution in [-0.4, -0.2) is 89.1 Å². The molecule has 2 aliphatic carbocycles. The van der Waals surface area contributed by atoms with Crippen LogP contribution in [0.15, 0.2) is 60.7 Å². The topological polar surface area (TPSA) is 197 Å². The van der Waals surface area contributed by atoms with Gasteiger partial charge in [-0.3, -0.25) is 9.59 Å². The van der Waals surface area contributed by atoms with Crippen molar-refractivity contribution in [3.63, 3.8) is 0 Å². The van der Waals surface area contributed by atoms with E-state index >= 15 is 0 Å². The Morgan fingerprint density at radius 3 is 1.30 bits per heavy atom. The van der Waals surface area contributed by atoms with Crippen molar-refractivity contribution >= 4 is 46.1 Å². The molecule has 4 aliphatic rings. The summed E-state index contributed by atoms with van der Waals surface area (Å²) < 4.78 is 0. The van der Waals surface area contributed by atoms with Gasteiger partial charge in [0.15, 0.2) is 0 Å². The number of hydrogen-bond acceptors (Lipinski definition) is 6. The predicted octanol–water partition coefficient (Wildman–Crippen LogP) is 8.53. The van der Waals surface area contributed by atoms with Crippen molar-refractivity contribution in [3.8, 4) is 22.3 Å². The molecule has 2 aliphatic heterocycles. The maximum absolute atomic E-state index is 13.9. The highest BCUT2D eigenvalue weighted by Gasteiger charge is 2.41. The van der Waals surface area contributed by atoms with Crippen LogP contribution >= 0.6 is 0 Å². The molecular formula is C46H54N8O6. The van der Waals surface area contributed by atoms with E-state index < -0.39 is 24.3 Å². The van der Waals surface area contributed by atoms with Crippen LogP contribution in [0.4, 0.5) is 9.59 Å². The second kappa shape index (κ2) is 17.0. The number of carbonyl (C=O) groups excluding carboxylic acids is 2. The fraction of sp³-hybridized carbons (Fsp3) is 0.478. The van der Waals surface area contributed by atoms with E-state index in [1.165, 1.54) is 0 Å². The van der Waals surface area contributed by atoms with E-state index in [0.717, 1.165) is 146 Å². The summed E-state index contributed by atoms with van der Waals surface area (Å²) in [6.07, 6.45) is 10.6. The van der Waals surface area contributed by atoms with Gasteiger partial charge in [-0.05, 0) is 110 Å². The van der Waals surface area contributed by atoms with Gasteiger partial charge in [0.2, 0.25) is 11.8 Å². The van der Waals surface area contributed by atoms with Gasteiger partial charge in [-0.25, -0.2) is 19.6 Å². The normalized spacial score (nSPS) is 21.3. The second-order valence-electron chi connectivity index (χ2n) is 17.3. The van der Waals surface area contributed by atoms with Crippen LogP contribution in [-0.2, 0) is 9.59 Å². The third kappa shape index (κ3) is 8.03. The molecule has 0 bridgehead atoms. The molecule has 2 unspecified atom stereocenters. The average molecular weight is 815 g/mol. The largest absolute Gasteiger partial charge is 0.465 e. The zero-order valence-electron chi connectivity index (χ0n) is 33.9. The molecule has 9 rings (SSSR count). The monoisotopic (exact) mass is 814 g/mol. The molecule has 14 nitrogen and oxygen atoms in total. The molecule has 4 fully saturated rings. The molecule has 2 aromatic heterocycles. The molecule has 4 amide bonds. The fourth-order valence-electron chi connectivity index (χ4n) is 10.5. The minimum Gasteiger partial charge on any atom is -0.465 e. The first-order chi connectivity index (χ1) is 29.2. The van der Waals surface area contributed by atoms with Crippen molar-refractivity contribution in [1.82, 2.24) is 40.4 Å². The summed E-state index contributed by atoms with van der Waals surface area (Å²) in [6, 6.07) is 18.7. The van der Waals surface area contributed by atoms with Crippen molar-refractivity contribution in [2.75, 3.05) is 13.1 Å². The highest BCUT2D eigenvalue weighted by molar-refractivity contribution is 5.88. The summed E-state index contributed by atoms with van der Waals surface area (Å²) in [4.78, 5) is 71.9. The zero-order valence-corrected chi connectivity index (χ0v) is 33.9. The molecule has 4 heterocycles. The van der Waals surface area contributed by atoms with Crippen LogP contribution in [0.25, 0.3) is 44.3 Å². The van der Waals surface area contributed by atoms with Crippen LogP contribution in [0.1, 0.15) is 114 Å². The Morgan fingerprint density at radius 1 is 0.533 bits per heavy atom. The molecule has 2 saturated carbocycles. The maximum atomic E-state index is 13.9. The lowest BCUT2D eigenvalue weighted by Crippen LogP contribution is -2.52. The van der Waals surface area contributed by atoms with E-state index in [2.05, 4.69) is 69.1 Å². The molecule has 6 N–H and O–H groups in total. The molecule has 0 spiro atoms. The summed E-state index contributed by atoms with van der Waals surface area (Å²) in [7, 11) is 0. The Morgan fingerprint density at radius 2 is 0.917 bits per heavy atom. The summed E-state index contributed by atoms with van der Waals surface area (Å²) in [5.41, 5.74) is 7.49. The number of aromatic nitrogens is 4. The van der Waals surface area contributed by atoms with Gasteiger partial charge < -0.3 is 40.6 Å². The Balaban J connectivity index is 0.897. The van der Waals surface area contributed by atoms with E-state index in [4.69, 9.17) is 9.97 Å². The van der Waals surface area contributed by atoms with Crippen molar-refractivity contribution in [2.24, 2.45) is 11.8 Å². The number of fused-ring (bicyclic) bond motifs is 2. The minimum atomic E-state index is -1.16. The third-order valence-electron chi connectivity index (χ3n) is 13.6. The molecule has 0 radical (unpaired) electrons. The number of carbonyl (C=O) groups is 4. The quantitative estimate of drug-likeness (QED) is 0.0807. The number of carboxylic acid groups (broad SMARTS) is 2. The smallest absolute Gasteiger partial charge is 0.405 e. The number of likely N-dealkylation sites (tertiary alicyclic amines) is 2. The first-order valence-electron chi connectivity index (χ1n) is 21.9. The SMILES string of the molecule is O=C(O)NC(C(=O)N1CCCC1c1nc2cc(-c3ccc(-c4ccc5[nH]c([C@@H]6CCCN6C(=O)[C@@H](NC(=O)O)C6CCCCC6)nc5c4)cc3)ccc2[nH]1)C1CCCCC1. The highest BCUT2D eigenvalue weighted by Crippen LogP contribution is 2.38. The van der Waals surface area contributed by atoms with Crippen LogP contribution in [0.3, 0.4) is 0 Å². The summed E-state index contributed by atoms with van der Waals surface area (Å²) in [5.74, 6) is 1.17. The van der Waals surface area contributed by atoms with Gasteiger partial charge in [0, 0.05) is 13.1 Å².